The second-order valence-corrected chi connectivity index (χ2v) is 5.27. The van der Waals surface area contributed by atoms with Crippen molar-refractivity contribution < 1.29 is 18.7 Å². The van der Waals surface area contributed by atoms with Crippen LogP contribution in [0.5, 0.6) is 0 Å². The normalized spacial score (nSPS) is 10.7. The SMILES string of the molecule is CCC(CC)CN(CC(=O)OC)C(=O)c1ccoc1Br. The highest BCUT2D eigenvalue weighted by Crippen LogP contribution is 2.21. The third-order valence-corrected chi connectivity index (χ3v) is 3.93. The van der Waals surface area contributed by atoms with Gasteiger partial charge in [-0.15, -0.1) is 0 Å². The highest BCUT2D eigenvalue weighted by atomic mass is 79.9. The lowest BCUT2D eigenvalue weighted by atomic mass is 10.0. The Labute approximate surface area is 127 Å². The molecule has 0 fully saturated rings. The lowest BCUT2D eigenvalue weighted by Crippen LogP contribution is -2.39. The van der Waals surface area contributed by atoms with Crippen molar-refractivity contribution in [2.24, 2.45) is 5.92 Å². The zero-order valence-electron chi connectivity index (χ0n) is 12.0. The molecule has 1 rings (SSSR count). The van der Waals surface area contributed by atoms with Crippen LogP contribution >= 0.6 is 15.9 Å². The van der Waals surface area contributed by atoms with Crippen molar-refractivity contribution in [2.75, 3.05) is 20.2 Å². The summed E-state index contributed by atoms with van der Waals surface area (Å²) in [6, 6.07) is 1.59. The van der Waals surface area contributed by atoms with Crippen LogP contribution in [0.15, 0.2) is 21.4 Å². The number of amides is 1. The summed E-state index contributed by atoms with van der Waals surface area (Å²) in [5.74, 6) is -0.305. The molecule has 0 aliphatic carbocycles. The molecule has 0 aromatic carbocycles. The van der Waals surface area contributed by atoms with Crippen LogP contribution in [0.2, 0.25) is 0 Å². The van der Waals surface area contributed by atoms with Crippen molar-refractivity contribution in [3.05, 3.63) is 22.6 Å². The number of carbonyl (C=O) groups is 2. The van der Waals surface area contributed by atoms with Gasteiger partial charge in [-0.3, -0.25) is 9.59 Å². The van der Waals surface area contributed by atoms with E-state index >= 15 is 0 Å². The van der Waals surface area contributed by atoms with Crippen molar-refractivity contribution in [1.29, 1.82) is 0 Å². The quantitative estimate of drug-likeness (QED) is 0.712. The van der Waals surface area contributed by atoms with Gasteiger partial charge in [0.25, 0.3) is 5.91 Å². The second kappa shape index (κ2) is 8.09. The molecule has 1 heterocycles. The minimum atomic E-state index is -0.427. The van der Waals surface area contributed by atoms with Gasteiger partial charge < -0.3 is 14.1 Å². The first-order valence-electron chi connectivity index (χ1n) is 6.62. The molecule has 20 heavy (non-hydrogen) atoms. The van der Waals surface area contributed by atoms with Crippen LogP contribution in [0, 0.1) is 5.92 Å². The number of ether oxygens (including phenoxy) is 1. The Bertz CT molecular complexity index is 454. The van der Waals surface area contributed by atoms with Gasteiger partial charge in [0.1, 0.15) is 6.54 Å². The zero-order chi connectivity index (χ0) is 15.1. The van der Waals surface area contributed by atoms with Crippen molar-refractivity contribution in [2.45, 2.75) is 26.7 Å². The molecule has 0 saturated heterocycles. The van der Waals surface area contributed by atoms with Crippen molar-refractivity contribution in [1.82, 2.24) is 4.90 Å². The average molecular weight is 346 g/mol. The van der Waals surface area contributed by atoms with E-state index in [2.05, 4.69) is 34.5 Å². The van der Waals surface area contributed by atoms with Gasteiger partial charge >= 0.3 is 5.97 Å². The molecular weight excluding hydrogens is 326 g/mol. The van der Waals surface area contributed by atoms with Gasteiger partial charge in [-0.1, -0.05) is 26.7 Å². The van der Waals surface area contributed by atoms with Crippen LogP contribution in [0.25, 0.3) is 0 Å². The number of hydrogen-bond donors (Lipinski definition) is 0. The van der Waals surface area contributed by atoms with Crippen LogP contribution in [0.3, 0.4) is 0 Å². The standard InChI is InChI=1S/C14H20BrNO4/c1-4-10(5-2)8-16(9-12(17)19-3)14(18)11-6-7-20-13(11)15/h6-7,10H,4-5,8-9H2,1-3H3. The molecule has 0 radical (unpaired) electrons. The Morgan fingerprint density at radius 3 is 2.50 bits per heavy atom. The molecule has 6 heteroatoms. The maximum Gasteiger partial charge on any atom is 0.325 e. The van der Waals surface area contributed by atoms with E-state index in [4.69, 9.17) is 4.42 Å². The van der Waals surface area contributed by atoms with Gasteiger partial charge in [0.15, 0.2) is 4.67 Å². The summed E-state index contributed by atoms with van der Waals surface area (Å²) in [5, 5.41) is 0. The van der Waals surface area contributed by atoms with Gasteiger partial charge in [0, 0.05) is 6.54 Å². The minimum Gasteiger partial charge on any atom is -0.468 e. The van der Waals surface area contributed by atoms with Crippen LogP contribution in [0.4, 0.5) is 0 Å². The first-order chi connectivity index (χ1) is 9.53. The first kappa shape index (κ1) is 16.8. The number of carbonyl (C=O) groups excluding carboxylic acids is 2. The van der Waals surface area contributed by atoms with E-state index in [-0.39, 0.29) is 12.5 Å². The topological polar surface area (TPSA) is 59.8 Å². The Morgan fingerprint density at radius 1 is 1.40 bits per heavy atom. The monoisotopic (exact) mass is 345 g/mol. The van der Waals surface area contributed by atoms with Crippen LogP contribution < -0.4 is 0 Å². The summed E-state index contributed by atoms with van der Waals surface area (Å²) < 4.78 is 10.1. The maximum absolute atomic E-state index is 12.5. The van der Waals surface area contributed by atoms with Gasteiger partial charge in [-0.2, -0.15) is 0 Å². The van der Waals surface area contributed by atoms with Crippen LogP contribution in [-0.2, 0) is 9.53 Å². The third-order valence-electron chi connectivity index (χ3n) is 3.32. The molecule has 0 spiro atoms. The molecule has 0 unspecified atom stereocenters. The van der Waals surface area contributed by atoms with Crippen molar-refractivity contribution in [3.8, 4) is 0 Å². The van der Waals surface area contributed by atoms with E-state index in [9.17, 15) is 9.59 Å². The largest absolute Gasteiger partial charge is 0.468 e. The lowest BCUT2D eigenvalue weighted by molar-refractivity contribution is -0.141. The molecule has 1 aromatic rings. The summed E-state index contributed by atoms with van der Waals surface area (Å²) >= 11 is 3.19. The fourth-order valence-electron chi connectivity index (χ4n) is 1.91. The molecule has 0 N–H and O–H groups in total. The number of methoxy groups -OCH3 is 1. The van der Waals surface area contributed by atoms with E-state index in [1.165, 1.54) is 18.3 Å². The van der Waals surface area contributed by atoms with Crippen molar-refractivity contribution in [3.63, 3.8) is 0 Å². The predicted molar refractivity (Wildman–Crippen MR) is 78.4 cm³/mol. The van der Waals surface area contributed by atoms with E-state index in [1.54, 1.807) is 6.07 Å². The Balaban J connectivity index is 2.89. The molecular formula is C14H20BrNO4. The van der Waals surface area contributed by atoms with E-state index < -0.39 is 5.97 Å². The molecule has 0 saturated carbocycles. The molecule has 0 aliphatic heterocycles. The zero-order valence-corrected chi connectivity index (χ0v) is 13.6. The number of nitrogens with zero attached hydrogens (tertiary/aromatic N) is 1. The summed E-state index contributed by atoms with van der Waals surface area (Å²) in [4.78, 5) is 25.5. The average Bonchev–Trinajstić information content (AvgIpc) is 2.88. The fourth-order valence-corrected chi connectivity index (χ4v) is 2.32. The van der Waals surface area contributed by atoms with E-state index in [1.807, 2.05) is 0 Å². The van der Waals surface area contributed by atoms with Gasteiger partial charge in [0.05, 0.1) is 18.9 Å². The molecule has 0 aliphatic rings. The smallest absolute Gasteiger partial charge is 0.325 e. The van der Waals surface area contributed by atoms with E-state index in [0.717, 1.165) is 12.8 Å². The second-order valence-electron chi connectivity index (χ2n) is 4.55. The number of halogens is 1. The van der Waals surface area contributed by atoms with Crippen LogP contribution in [0.1, 0.15) is 37.0 Å². The molecule has 5 nitrogen and oxygen atoms in total. The molecule has 112 valence electrons. The van der Waals surface area contributed by atoms with Crippen LogP contribution in [-0.4, -0.2) is 37.0 Å². The summed E-state index contributed by atoms with van der Waals surface area (Å²) in [7, 11) is 1.32. The molecule has 0 bridgehead atoms. The first-order valence-corrected chi connectivity index (χ1v) is 7.41. The summed E-state index contributed by atoms with van der Waals surface area (Å²) in [6.07, 6.45) is 3.34. The fraction of sp³-hybridized carbons (Fsp3) is 0.571. The molecule has 1 amide bonds. The molecule has 1 aromatic heterocycles. The maximum atomic E-state index is 12.5. The highest BCUT2D eigenvalue weighted by molar-refractivity contribution is 9.10. The Morgan fingerprint density at radius 2 is 2.05 bits per heavy atom. The van der Waals surface area contributed by atoms with Gasteiger partial charge in [-0.25, -0.2) is 0 Å². The molecule has 0 atom stereocenters. The van der Waals surface area contributed by atoms with E-state index in [0.29, 0.717) is 22.7 Å². The van der Waals surface area contributed by atoms with Gasteiger partial charge in [0.2, 0.25) is 0 Å². The number of rotatable bonds is 7. The number of furan rings is 1. The highest BCUT2D eigenvalue weighted by Gasteiger charge is 2.24. The van der Waals surface area contributed by atoms with Crippen molar-refractivity contribution >= 4 is 27.8 Å². The Kier molecular flexibility index (Phi) is 6.78. The third kappa shape index (κ3) is 4.37. The Hall–Kier alpha value is -1.30. The lowest BCUT2D eigenvalue weighted by Gasteiger charge is -2.25. The number of esters is 1. The minimum absolute atomic E-state index is 0.0521. The predicted octanol–water partition coefficient (Wildman–Crippen LogP) is 3.09. The number of hydrogen-bond acceptors (Lipinski definition) is 4. The van der Waals surface area contributed by atoms with Gasteiger partial charge in [-0.05, 0) is 27.9 Å². The summed E-state index contributed by atoms with van der Waals surface area (Å²) in [5.41, 5.74) is 0.417. The summed E-state index contributed by atoms with van der Waals surface area (Å²) in [6.45, 7) is 4.62.